The van der Waals surface area contributed by atoms with Gasteiger partial charge < -0.3 is 14.7 Å². The third kappa shape index (κ3) is 3.99. The first-order valence-electron chi connectivity index (χ1n) is 6.89. The summed E-state index contributed by atoms with van der Waals surface area (Å²) in [6.45, 7) is -0.118. The maximum absolute atomic E-state index is 12.2. The van der Waals surface area contributed by atoms with Crippen molar-refractivity contribution in [2.45, 2.75) is 24.1 Å². The molecule has 2 atom stereocenters. The Labute approximate surface area is 133 Å². The number of hydrogen-bond donors (Lipinski definition) is 2. The van der Waals surface area contributed by atoms with Crippen molar-refractivity contribution in [2.75, 3.05) is 13.7 Å². The zero-order chi connectivity index (χ0) is 17.2. The zero-order valence-electron chi connectivity index (χ0n) is 12.5. The van der Waals surface area contributed by atoms with Crippen LogP contribution in [0.3, 0.4) is 0 Å². The second-order valence-electron chi connectivity index (χ2n) is 5.35. The minimum atomic E-state index is -3.86. The lowest BCUT2D eigenvalue weighted by molar-refractivity contribution is -0.139. The molecule has 126 valence electrons. The first kappa shape index (κ1) is 17.2. The Morgan fingerprint density at radius 2 is 2.22 bits per heavy atom. The van der Waals surface area contributed by atoms with Crippen LogP contribution in [-0.2, 0) is 19.6 Å². The number of amides is 1. The van der Waals surface area contributed by atoms with Crippen molar-refractivity contribution >= 4 is 21.9 Å². The summed E-state index contributed by atoms with van der Waals surface area (Å²) in [7, 11) is -2.38. The Morgan fingerprint density at radius 1 is 1.52 bits per heavy atom. The van der Waals surface area contributed by atoms with Gasteiger partial charge in [-0.15, -0.1) is 0 Å². The van der Waals surface area contributed by atoms with Gasteiger partial charge in [-0.25, -0.2) is 13.6 Å². The molecule has 3 N–H and O–H groups in total. The summed E-state index contributed by atoms with van der Waals surface area (Å²) in [5.41, 5.74) is 0.565. The van der Waals surface area contributed by atoms with Gasteiger partial charge in [0.05, 0.1) is 19.6 Å². The molecule has 1 amide bonds. The summed E-state index contributed by atoms with van der Waals surface area (Å²) in [6, 6.07) is 5.90. The number of ether oxygens (including phenoxy) is 1. The average molecular weight is 342 g/mol. The quantitative estimate of drug-likeness (QED) is 0.755. The molecule has 0 aromatic heterocycles. The molecule has 8 nitrogen and oxygen atoms in total. The molecule has 1 aromatic carbocycles. The lowest BCUT2D eigenvalue weighted by Crippen LogP contribution is -2.35. The Bertz CT molecular complexity index is 718. The van der Waals surface area contributed by atoms with Gasteiger partial charge in [-0.2, -0.15) is 0 Å². The van der Waals surface area contributed by atoms with Crippen LogP contribution in [0.5, 0.6) is 5.75 Å². The molecule has 1 fully saturated rings. The van der Waals surface area contributed by atoms with E-state index in [0.717, 1.165) is 0 Å². The molecular formula is C14H18N2O6S. The van der Waals surface area contributed by atoms with E-state index in [-0.39, 0.29) is 19.4 Å². The second-order valence-corrected chi connectivity index (χ2v) is 7.20. The number of nitrogens with zero attached hydrogens (tertiary/aromatic N) is 1. The van der Waals surface area contributed by atoms with Gasteiger partial charge in [0.2, 0.25) is 15.9 Å². The standard InChI is InChI=1S/C14H18N2O6S/c1-22-10-4-2-3-9(5-10)12(7-14(18)19)16-8-11(6-13(16)17)23(15,20)21/h2-5,11-12H,6-8H2,1H3,(H,18,19)(H2,15,20,21). The van der Waals surface area contributed by atoms with Crippen LogP contribution in [0.1, 0.15) is 24.4 Å². The first-order valence-corrected chi connectivity index (χ1v) is 8.50. The molecule has 0 bridgehead atoms. The molecule has 0 radical (unpaired) electrons. The van der Waals surface area contributed by atoms with Crippen LogP contribution in [-0.4, -0.2) is 49.2 Å². The highest BCUT2D eigenvalue weighted by Gasteiger charge is 2.40. The third-order valence-electron chi connectivity index (χ3n) is 3.81. The maximum Gasteiger partial charge on any atom is 0.305 e. The number of primary sulfonamides is 1. The van der Waals surface area contributed by atoms with E-state index in [1.54, 1.807) is 24.3 Å². The van der Waals surface area contributed by atoms with E-state index in [4.69, 9.17) is 15.0 Å². The van der Waals surface area contributed by atoms with E-state index in [0.29, 0.717) is 11.3 Å². The summed E-state index contributed by atoms with van der Waals surface area (Å²) in [6.07, 6.45) is -0.574. The molecule has 2 unspecified atom stereocenters. The Kier molecular flexibility index (Phi) is 4.90. The fourth-order valence-corrected chi connectivity index (χ4v) is 3.38. The number of hydrogen-bond acceptors (Lipinski definition) is 5. The van der Waals surface area contributed by atoms with Crippen LogP contribution in [0.15, 0.2) is 24.3 Å². The molecule has 1 aliphatic heterocycles. The fraction of sp³-hybridized carbons (Fsp3) is 0.429. The van der Waals surface area contributed by atoms with Gasteiger partial charge in [-0.1, -0.05) is 12.1 Å². The maximum atomic E-state index is 12.2. The van der Waals surface area contributed by atoms with Gasteiger partial charge in [0.15, 0.2) is 0 Å². The molecule has 1 aliphatic rings. The van der Waals surface area contributed by atoms with E-state index in [9.17, 15) is 18.0 Å². The molecule has 0 spiro atoms. The molecule has 9 heteroatoms. The van der Waals surface area contributed by atoms with Crippen molar-refractivity contribution < 1.29 is 27.9 Å². The van der Waals surface area contributed by atoms with Crippen LogP contribution in [0, 0.1) is 0 Å². The number of carboxylic acids is 1. The van der Waals surface area contributed by atoms with Crippen molar-refractivity contribution in [3.05, 3.63) is 29.8 Å². The number of nitrogens with two attached hydrogens (primary N) is 1. The Hall–Kier alpha value is -2.13. The highest BCUT2D eigenvalue weighted by Crippen LogP contribution is 2.32. The molecular weight excluding hydrogens is 324 g/mol. The van der Waals surface area contributed by atoms with E-state index in [2.05, 4.69) is 0 Å². The van der Waals surface area contributed by atoms with E-state index < -0.39 is 33.2 Å². The summed E-state index contributed by atoms with van der Waals surface area (Å²) >= 11 is 0. The Balaban J connectivity index is 2.35. The monoisotopic (exact) mass is 342 g/mol. The van der Waals surface area contributed by atoms with Gasteiger partial charge in [0.1, 0.15) is 11.0 Å². The van der Waals surface area contributed by atoms with Crippen LogP contribution in [0.4, 0.5) is 0 Å². The van der Waals surface area contributed by atoms with Crippen molar-refractivity contribution in [1.29, 1.82) is 0 Å². The number of carboxylic acid groups (broad SMARTS) is 1. The van der Waals surface area contributed by atoms with Crippen LogP contribution in [0.2, 0.25) is 0 Å². The first-order chi connectivity index (χ1) is 10.7. The number of rotatable bonds is 6. The van der Waals surface area contributed by atoms with Crippen molar-refractivity contribution in [2.24, 2.45) is 5.14 Å². The molecule has 1 heterocycles. The number of benzene rings is 1. The van der Waals surface area contributed by atoms with Crippen molar-refractivity contribution in [3.8, 4) is 5.75 Å². The normalized spacial score (nSPS) is 19.7. The number of sulfonamides is 1. The van der Waals surface area contributed by atoms with E-state index in [1.165, 1.54) is 12.0 Å². The smallest absolute Gasteiger partial charge is 0.305 e. The minimum absolute atomic E-state index is 0.118. The summed E-state index contributed by atoms with van der Waals surface area (Å²) < 4.78 is 28.0. The van der Waals surface area contributed by atoms with Gasteiger partial charge >= 0.3 is 5.97 Å². The van der Waals surface area contributed by atoms with Gasteiger partial charge in [0, 0.05) is 13.0 Å². The third-order valence-corrected chi connectivity index (χ3v) is 5.06. The molecule has 1 saturated heterocycles. The SMILES string of the molecule is COc1cccc(C(CC(=O)O)N2CC(S(N)(=O)=O)CC2=O)c1. The molecule has 23 heavy (non-hydrogen) atoms. The number of carbonyl (C=O) groups is 2. The average Bonchev–Trinajstić information content (AvgIpc) is 2.86. The van der Waals surface area contributed by atoms with E-state index in [1.807, 2.05) is 0 Å². The zero-order valence-corrected chi connectivity index (χ0v) is 13.3. The van der Waals surface area contributed by atoms with Gasteiger partial charge in [-0.05, 0) is 17.7 Å². The largest absolute Gasteiger partial charge is 0.497 e. The molecule has 0 aliphatic carbocycles. The second kappa shape index (κ2) is 6.55. The van der Waals surface area contributed by atoms with Crippen molar-refractivity contribution in [1.82, 2.24) is 4.90 Å². The summed E-state index contributed by atoms with van der Waals surface area (Å²) in [5, 5.41) is 13.2. The number of carbonyl (C=O) groups excluding carboxylic acids is 1. The van der Waals surface area contributed by atoms with Crippen LogP contribution in [0.25, 0.3) is 0 Å². The van der Waals surface area contributed by atoms with Crippen LogP contribution >= 0.6 is 0 Å². The van der Waals surface area contributed by atoms with Crippen molar-refractivity contribution in [3.63, 3.8) is 0 Å². The van der Waals surface area contributed by atoms with Gasteiger partial charge in [-0.3, -0.25) is 9.59 Å². The summed E-state index contributed by atoms with van der Waals surface area (Å²) in [4.78, 5) is 24.6. The number of aliphatic carboxylic acids is 1. The minimum Gasteiger partial charge on any atom is -0.497 e. The lowest BCUT2D eigenvalue weighted by Gasteiger charge is -2.27. The number of likely N-dealkylation sites (tertiary alicyclic amines) is 1. The molecule has 2 rings (SSSR count). The van der Waals surface area contributed by atoms with Crippen LogP contribution < -0.4 is 9.88 Å². The fourth-order valence-electron chi connectivity index (χ4n) is 2.64. The molecule has 0 saturated carbocycles. The highest BCUT2D eigenvalue weighted by atomic mass is 32.2. The highest BCUT2D eigenvalue weighted by molar-refractivity contribution is 7.89. The predicted molar refractivity (Wildman–Crippen MR) is 81.2 cm³/mol. The van der Waals surface area contributed by atoms with Gasteiger partial charge in [0.25, 0.3) is 0 Å². The van der Waals surface area contributed by atoms with E-state index >= 15 is 0 Å². The summed E-state index contributed by atoms with van der Waals surface area (Å²) in [5.74, 6) is -1.00. The molecule has 1 aromatic rings. The topological polar surface area (TPSA) is 127 Å². The lowest BCUT2D eigenvalue weighted by atomic mass is 10.0. The Morgan fingerprint density at radius 3 is 2.74 bits per heavy atom. The predicted octanol–water partition coefficient (Wildman–Crippen LogP) is 0.100. The number of methoxy groups -OCH3 is 1.